The topological polar surface area (TPSA) is 33.3 Å². The molecule has 2 N–H and O–H groups in total. The van der Waals surface area contributed by atoms with E-state index in [1.54, 1.807) is 0 Å². The number of fused-ring (bicyclic) bond motifs is 1. The van der Waals surface area contributed by atoms with Crippen LogP contribution in [0, 0.1) is 0 Å². The van der Waals surface area contributed by atoms with Gasteiger partial charge in [0.05, 0.1) is 0 Å². The Morgan fingerprint density at radius 2 is 2.12 bits per heavy atom. The average molecular weight is 218 g/mol. The van der Waals surface area contributed by atoms with Crippen molar-refractivity contribution < 1.29 is 4.84 Å². The number of hydrogen-bond donors (Lipinski definition) is 2. The van der Waals surface area contributed by atoms with Crippen molar-refractivity contribution >= 4 is 6.08 Å². The molecule has 0 spiro atoms. The van der Waals surface area contributed by atoms with Crippen molar-refractivity contribution in [2.24, 2.45) is 0 Å². The first-order valence-electron chi connectivity index (χ1n) is 5.87. The second-order valence-electron chi connectivity index (χ2n) is 3.93. The molecule has 0 amide bonds. The zero-order chi connectivity index (χ0) is 11.2. The van der Waals surface area contributed by atoms with Crippen molar-refractivity contribution in [3.05, 3.63) is 35.6 Å². The molecule has 86 valence electrons. The van der Waals surface area contributed by atoms with Crippen LogP contribution in [0.15, 0.2) is 30.1 Å². The van der Waals surface area contributed by atoms with E-state index in [4.69, 9.17) is 4.84 Å². The predicted octanol–water partition coefficient (Wildman–Crippen LogP) is 2.66. The summed E-state index contributed by atoms with van der Waals surface area (Å²) < 4.78 is 0. The SMILES string of the molecule is CCCCCNC1=Cc2ccccc2ON1. The summed E-state index contributed by atoms with van der Waals surface area (Å²) in [5.41, 5.74) is 4.01. The van der Waals surface area contributed by atoms with Crippen molar-refractivity contribution in [2.45, 2.75) is 26.2 Å². The molecule has 3 heteroatoms. The van der Waals surface area contributed by atoms with Gasteiger partial charge in [0.15, 0.2) is 5.75 Å². The van der Waals surface area contributed by atoms with Gasteiger partial charge in [0.2, 0.25) is 0 Å². The summed E-state index contributed by atoms with van der Waals surface area (Å²) in [7, 11) is 0. The minimum Gasteiger partial charge on any atom is -0.380 e. The molecule has 1 aromatic rings. The number of hydroxylamine groups is 1. The Labute approximate surface area is 96.5 Å². The molecule has 0 saturated carbocycles. The van der Waals surface area contributed by atoms with Crippen LogP contribution >= 0.6 is 0 Å². The van der Waals surface area contributed by atoms with E-state index < -0.39 is 0 Å². The first-order valence-corrected chi connectivity index (χ1v) is 5.87. The van der Waals surface area contributed by atoms with Crippen LogP contribution in [-0.4, -0.2) is 6.54 Å². The maximum absolute atomic E-state index is 5.41. The van der Waals surface area contributed by atoms with E-state index in [0.29, 0.717) is 0 Å². The van der Waals surface area contributed by atoms with Crippen LogP contribution in [0.25, 0.3) is 6.08 Å². The monoisotopic (exact) mass is 218 g/mol. The van der Waals surface area contributed by atoms with Crippen LogP contribution in [0.3, 0.4) is 0 Å². The van der Waals surface area contributed by atoms with Crippen molar-refractivity contribution in [1.29, 1.82) is 0 Å². The zero-order valence-corrected chi connectivity index (χ0v) is 9.62. The fourth-order valence-corrected chi connectivity index (χ4v) is 1.67. The van der Waals surface area contributed by atoms with Gasteiger partial charge < -0.3 is 10.2 Å². The van der Waals surface area contributed by atoms with Crippen molar-refractivity contribution in [3.8, 4) is 5.75 Å². The van der Waals surface area contributed by atoms with Crippen LogP contribution in [-0.2, 0) is 0 Å². The fourth-order valence-electron chi connectivity index (χ4n) is 1.67. The quantitative estimate of drug-likeness (QED) is 0.745. The summed E-state index contributed by atoms with van der Waals surface area (Å²) in [6, 6.07) is 7.98. The molecule has 0 saturated heterocycles. The standard InChI is InChI=1S/C13H18N2O/c1-2-3-6-9-14-13-10-11-7-4-5-8-12(11)16-15-13/h4-5,7-8,10,14-15H,2-3,6,9H2,1H3. The van der Waals surface area contributed by atoms with E-state index in [-0.39, 0.29) is 0 Å². The molecule has 1 aliphatic heterocycles. The third kappa shape index (κ3) is 2.69. The fraction of sp³-hybridized carbons (Fsp3) is 0.385. The van der Waals surface area contributed by atoms with E-state index in [2.05, 4.69) is 23.8 Å². The Morgan fingerprint density at radius 1 is 1.25 bits per heavy atom. The number of unbranched alkanes of at least 4 members (excludes halogenated alkanes) is 2. The summed E-state index contributed by atoms with van der Waals surface area (Å²) in [6.07, 6.45) is 5.77. The van der Waals surface area contributed by atoms with Crippen LogP contribution in [0.4, 0.5) is 0 Å². The van der Waals surface area contributed by atoms with Crippen LogP contribution in [0.1, 0.15) is 31.7 Å². The molecule has 0 atom stereocenters. The van der Waals surface area contributed by atoms with Crippen LogP contribution in [0.2, 0.25) is 0 Å². The van der Waals surface area contributed by atoms with Gasteiger partial charge in [0.25, 0.3) is 0 Å². The number of nitrogens with one attached hydrogen (secondary N) is 2. The summed E-state index contributed by atoms with van der Waals surface area (Å²) in [6.45, 7) is 3.19. The summed E-state index contributed by atoms with van der Waals surface area (Å²) in [4.78, 5) is 5.41. The normalized spacial score (nSPS) is 13.2. The second kappa shape index (κ2) is 5.45. The Balaban J connectivity index is 1.91. The molecule has 0 unspecified atom stereocenters. The summed E-state index contributed by atoms with van der Waals surface area (Å²) >= 11 is 0. The molecule has 2 rings (SSSR count). The third-order valence-electron chi connectivity index (χ3n) is 2.59. The van der Waals surface area contributed by atoms with Gasteiger partial charge in [0.1, 0.15) is 5.82 Å². The highest BCUT2D eigenvalue weighted by atomic mass is 16.6. The second-order valence-corrected chi connectivity index (χ2v) is 3.93. The Kier molecular flexibility index (Phi) is 3.70. The number of benzene rings is 1. The highest BCUT2D eigenvalue weighted by molar-refractivity contribution is 5.60. The molecule has 3 nitrogen and oxygen atoms in total. The minimum absolute atomic E-state index is 0.876. The molecule has 0 bridgehead atoms. The predicted molar refractivity (Wildman–Crippen MR) is 65.7 cm³/mol. The van der Waals surface area contributed by atoms with E-state index in [9.17, 15) is 0 Å². The smallest absolute Gasteiger partial charge is 0.162 e. The van der Waals surface area contributed by atoms with E-state index >= 15 is 0 Å². The molecule has 1 heterocycles. The Morgan fingerprint density at radius 3 is 3.00 bits per heavy atom. The lowest BCUT2D eigenvalue weighted by atomic mass is 10.2. The van der Waals surface area contributed by atoms with Gasteiger partial charge in [-0.15, -0.1) is 0 Å². The maximum atomic E-state index is 5.41. The van der Waals surface area contributed by atoms with Crippen molar-refractivity contribution in [3.63, 3.8) is 0 Å². The van der Waals surface area contributed by atoms with E-state index in [0.717, 1.165) is 23.7 Å². The zero-order valence-electron chi connectivity index (χ0n) is 9.62. The van der Waals surface area contributed by atoms with E-state index in [1.165, 1.54) is 19.3 Å². The number of rotatable bonds is 5. The molecule has 16 heavy (non-hydrogen) atoms. The molecular weight excluding hydrogens is 200 g/mol. The molecular formula is C13H18N2O. The first kappa shape index (κ1) is 10.9. The lowest BCUT2D eigenvalue weighted by Gasteiger charge is -2.19. The minimum atomic E-state index is 0.876. The van der Waals surface area contributed by atoms with Gasteiger partial charge in [0, 0.05) is 12.1 Å². The maximum Gasteiger partial charge on any atom is 0.162 e. The first-order chi connectivity index (χ1) is 7.90. The molecule has 1 aromatic carbocycles. The highest BCUT2D eigenvalue weighted by Crippen LogP contribution is 2.22. The van der Waals surface area contributed by atoms with Gasteiger partial charge in [-0.05, 0) is 18.6 Å². The Bertz CT molecular complexity index is 374. The molecule has 0 radical (unpaired) electrons. The van der Waals surface area contributed by atoms with E-state index in [1.807, 2.05) is 24.3 Å². The molecule has 0 aromatic heterocycles. The largest absolute Gasteiger partial charge is 0.380 e. The van der Waals surface area contributed by atoms with Crippen LogP contribution in [0.5, 0.6) is 5.75 Å². The van der Waals surface area contributed by atoms with Crippen LogP contribution < -0.4 is 15.6 Å². The number of hydrogen-bond acceptors (Lipinski definition) is 3. The summed E-state index contributed by atoms with van der Waals surface area (Å²) in [5, 5.41) is 3.32. The van der Waals surface area contributed by atoms with Gasteiger partial charge in [-0.2, -0.15) is 0 Å². The lowest BCUT2D eigenvalue weighted by Crippen LogP contribution is -2.31. The van der Waals surface area contributed by atoms with Gasteiger partial charge in [-0.3, -0.25) is 0 Å². The highest BCUT2D eigenvalue weighted by Gasteiger charge is 2.09. The number of para-hydroxylation sites is 1. The average Bonchev–Trinajstić information content (AvgIpc) is 2.34. The lowest BCUT2D eigenvalue weighted by molar-refractivity contribution is 0.215. The summed E-state index contributed by atoms with van der Waals surface area (Å²) in [5.74, 6) is 1.82. The van der Waals surface area contributed by atoms with Crippen molar-refractivity contribution in [1.82, 2.24) is 10.8 Å². The Hall–Kier alpha value is -1.64. The third-order valence-corrected chi connectivity index (χ3v) is 2.59. The van der Waals surface area contributed by atoms with Gasteiger partial charge in [-0.1, -0.05) is 38.0 Å². The van der Waals surface area contributed by atoms with Crippen molar-refractivity contribution in [2.75, 3.05) is 6.54 Å². The van der Waals surface area contributed by atoms with Gasteiger partial charge >= 0.3 is 0 Å². The van der Waals surface area contributed by atoms with Gasteiger partial charge in [-0.25, -0.2) is 5.48 Å². The molecule has 0 aliphatic carbocycles. The molecule has 1 aliphatic rings. The molecule has 0 fully saturated rings.